The largest absolute Gasteiger partial charge is 0.346 e. The molecule has 2 aromatic heterocycles. The fourth-order valence-corrected chi connectivity index (χ4v) is 3.70. The molecule has 0 radical (unpaired) electrons. The van der Waals surface area contributed by atoms with Crippen LogP contribution in [0.15, 0.2) is 79.3 Å². The van der Waals surface area contributed by atoms with E-state index in [0.717, 1.165) is 34.1 Å². The van der Waals surface area contributed by atoms with E-state index in [1.54, 1.807) is 18.3 Å². The van der Waals surface area contributed by atoms with Crippen LogP contribution in [0.5, 0.6) is 0 Å². The summed E-state index contributed by atoms with van der Waals surface area (Å²) >= 11 is 0. The first-order valence-corrected chi connectivity index (χ1v) is 9.87. The molecule has 3 N–H and O–H groups in total. The van der Waals surface area contributed by atoms with Crippen LogP contribution in [0, 0.1) is 5.82 Å². The summed E-state index contributed by atoms with van der Waals surface area (Å²) in [6.07, 6.45) is 5.54. The van der Waals surface area contributed by atoms with Crippen molar-refractivity contribution in [3.8, 4) is 0 Å². The Balaban J connectivity index is 1.76. The summed E-state index contributed by atoms with van der Waals surface area (Å²) in [6.45, 7) is 2.81. The fraction of sp³-hybridized carbons (Fsp3) is 0.167. The maximum atomic E-state index is 13.6. The molecular weight excluding hydrogens is 379 g/mol. The smallest absolute Gasteiger partial charge is 0.242 e. The number of fused-ring (bicyclic) bond motifs is 1. The Bertz CT molecular complexity index is 1160. The molecule has 6 heteroatoms. The van der Waals surface area contributed by atoms with Gasteiger partial charge in [0, 0.05) is 29.9 Å². The molecule has 152 valence electrons. The number of aromatic nitrogens is 2. The Morgan fingerprint density at radius 3 is 2.53 bits per heavy atom. The van der Waals surface area contributed by atoms with Crippen LogP contribution in [0.25, 0.3) is 10.9 Å². The zero-order valence-corrected chi connectivity index (χ0v) is 16.6. The molecule has 0 saturated carbocycles. The van der Waals surface area contributed by atoms with E-state index in [4.69, 9.17) is 5.73 Å². The zero-order chi connectivity index (χ0) is 21.1. The minimum Gasteiger partial charge on any atom is -0.346 e. The molecule has 2 heterocycles. The van der Waals surface area contributed by atoms with Crippen molar-refractivity contribution in [1.82, 2.24) is 14.9 Å². The first kappa shape index (κ1) is 19.8. The number of nitrogens with zero attached hydrogens (tertiary/aromatic N) is 2. The molecule has 4 rings (SSSR count). The molecule has 30 heavy (non-hydrogen) atoms. The molecule has 1 amide bonds. The van der Waals surface area contributed by atoms with Crippen LogP contribution >= 0.6 is 0 Å². The molecular formula is C24H23FN4O. The summed E-state index contributed by atoms with van der Waals surface area (Å²) in [4.78, 5) is 17.3. The lowest BCUT2D eigenvalue weighted by molar-refractivity contribution is -0.123. The lowest BCUT2D eigenvalue weighted by Crippen LogP contribution is -2.37. The van der Waals surface area contributed by atoms with Crippen molar-refractivity contribution in [2.75, 3.05) is 0 Å². The van der Waals surface area contributed by atoms with Crippen molar-refractivity contribution in [1.29, 1.82) is 0 Å². The van der Waals surface area contributed by atoms with Crippen LogP contribution in [0.1, 0.15) is 35.7 Å². The van der Waals surface area contributed by atoms with Gasteiger partial charge in [0.2, 0.25) is 5.91 Å². The summed E-state index contributed by atoms with van der Waals surface area (Å²) < 4.78 is 15.6. The summed E-state index contributed by atoms with van der Waals surface area (Å²) in [7, 11) is 0. The van der Waals surface area contributed by atoms with Crippen molar-refractivity contribution >= 4 is 16.8 Å². The second kappa shape index (κ2) is 8.47. The van der Waals surface area contributed by atoms with Crippen LogP contribution in [0.4, 0.5) is 4.39 Å². The third-order valence-electron chi connectivity index (χ3n) is 5.30. The normalized spacial score (nSPS) is 13.2. The molecule has 0 saturated heterocycles. The summed E-state index contributed by atoms with van der Waals surface area (Å²) in [5.41, 5.74) is 9.62. The SMILES string of the molecule is CCn1cc([C@H](NC(=O)[C@@H](N)c2ccccc2)c2ccc(F)cc2)c2ccncc21. The van der Waals surface area contributed by atoms with Crippen molar-refractivity contribution in [3.05, 3.63) is 102 Å². The number of pyridine rings is 1. The standard InChI is InChI=1S/C24H23FN4O/c1-2-29-15-20(19-12-13-27-14-21(19)29)23(17-8-10-18(25)11-9-17)28-24(30)22(26)16-6-4-3-5-7-16/h3-15,22-23H,2,26H2,1H3,(H,28,30)/t22-,23+/m0/s1. The maximum Gasteiger partial charge on any atom is 0.242 e. The number of amides is 1. The third kappa shape index (κ3) is 3.82. The molecule has 0 aliphatic carbocycles. The van der Waals surface area contributed by atoms with Crippen LogP contribution in [0.3, 0.4) is 0 Å². The van der Waals surface area contributed by atoms with Gasteiger partial charge in [-0.05, 0) is 36.2 Å². The van der Waals surface area contributed by atoms with Crippen molar-refractivity contribution in [2.24, 2.45) is 5.73 Å². The van der Waals surface area contributed by atoms with E-state index in [0.29, 0.717) is 0 Å². The van der Waals surface area contributed by atoms with Gasteiger partial charge in [0.25, 0.3) is 0 Å². The number of nitrogens with two attached hydrogens (primary N) is 1. The predicted octanol–water partition coefficient (Wildman–Crippen LogP) is 4.10. The fourth-order valence-electron chi connectivity index (χ4n) is 3.70. The first-order chi connectivity index (χ1) is 14.6. The van der Waals surface area contributed by atoms with E-state index in [1.165, 1.54) is 12.1 Å². The van der Waals surface area contributed by atoms with Crippen molar-refractivity contribution in [2.45, 2.75) is 25.6 Å². The number of nitrogens with one attached hydrogen (secondary N) is 1. The van der Waals surface area contributed by atoms with E-state index in [-0.39, 0.29) is 11.7 Å². The highest BCUT2D eigenvalue weighted by Crippen LogP contribution is 2.31. The molecule has 0 bridgehead atoms. The van der Waals surface area contributed by atoms with Gasteiger partial charge in [-0.3, -0.25) is 9.78 Å². The average molecular weight is 402 g/mol. The van der Waals surface area contributed by atoms with E-state index < -0.39 is 12.1 Å². The highest BCUT2D eigenvalue weighted by atomic mass is 19.1. The number of halogens is 1. The number of benzene rings is 2. The Hall–Kier alpha value is -3.51. The number of hydrogen-bond donors (Lipinski definition) is 2. The van der Waals surface area contributed by atoms with Gasteiger partial charge in [0.15, 0.2) is 0 Å². The van der Waals surface area contributed by atoms with Gasteiger partial charge in [-0.2, -0.15) is 0 Å². The summed E-state index contributed by atoms with van der Waals surface area (Å²) in [5, 5.41) is 4.06. The minimum absolute atomic E-state index is 0.304. The highest BCUT2D eigenvalue weighted by molar-refractivity contribution is 5.87. The topological polar surface area (TPSA) is 72.9 Å². The predicted molar refractivity (Wildman–Crippen MR) is 115 cm³/mol. The van der Waals surface area contributed by atoms with Crippen molar-refractivity contribution in [3.63, 3.8) is 0 Å². The van der Waals surface area contributed by atoms with Gasteiger partial charge in [0.05, 0.1) is 17.8 Å². The molecule has 4 aromatic rings. The molecule has 2 atom stereocenters. The van der Waals surface area contributed by atoms with Gasteiger partial charge in [-0.25, -0.2) is 4.39 Å². The number of carbonyl (C=O) groups is 1. The molecule has 5 nitrogen and oxygen atoms in total. The molecule has 0 fully saturated rings. The Kier molecular flexibility index (Phi) is 5.59. The lowest BCUT2D eigenvalue weighted by atomic mass is 9.97. The number of aryl methyl sites for hydroxylation is 1. The molecule has 0 unspecified atom stereocenters. The van der Waals surface area contributed by atoms with Gasteiger partial charge in [0.1, 0.15) is 11.9 Å². The van der Waals surface area contributed by atoms with Crippen LogP contribution in [-0.4, -0.2) is 15.5 Å². The summed E-state index contributed by atoms with van der Waals surface area (Å²) in [5.74, 6) is -0.632. The number of carbonyl (C=O) groups excluding carboxylic acids is 1. The lowest BCUT2D eigenvalue weighted by Gasteiger charge is -2.22. The number of rotatable bonds is 6. The third-order valence-corrected chi connectivity index (χ3v) is 5.30. The van der Waals surface area contributed by atoms with Crippen LogP contribution in [-0.2, 0) is 11.3 Å². The van der Waals surface area contributed by atoms with Gasteiger partial charge in [-0.1, -0.05) is 42.5 Å². The summed E-state index contributed by atoms with van der Waals surface area (Å²) in [6, 6.07) is 16.0. The van der Waals surface area contributed by atoms with Crippen molar-refractivity contribution < 1.29 is 9.18 Å². The Morgan fingerprint density at radius 1 is 1.10 bits per heavy atom. The van der Waals surface area contributed by atoms with E-state index in [9.17, 15) is 9.18 Å². The second-order valence-corrected chi connectivity index (χ2v) is 7.14. The molecule has 0 spiro atoms. The van der Waals surface area contributed by atoms with E-state index in [1.807, 2.05) is 55.7 Å². The minimum atomic E-state index is -0.810. The van der Waals surface area contributed by atoms with Gasteiger partial charge >= 0.3 is 0 Å². The molecule has 0 aliphatic rings. The average Bonchev–Trinajstić information content (AvgIpc) is 3.17. The van der Waals surface area contributed by atoms with E-state index >= 15 is 0 Å². The van der Waals surface area contributed by atoms with Crippen LogP contribution < -0.4 is 11.1 Å². The number of hydrogen-bond acceptors (Lipinski definition) is 3. The van der Waals surface area contributed by atoms with Crippen LogP contribution in [0.2, 0.25) is 0 Å². The highest BCUT2D eigenvalue weighted by Gasteiger charge is 2.25. The Labute approximate surface area is 174 Å². The van der Waals surface area contributed by atoms with E-state index in [2.05, 4.69) is 14.9 Å². The molecule has 0 aliphatic heterocycles. The monoisotopic (exact) mass is 402 g/mol. The Morgan fingerprint density at radius 2 is 1.83 bits per heavy atom. The zero-order valence-electron chi connectivity index (χ0n) is 16.6. The van der Waals surface area contributed by atoms with Gasteiger partial charge in [-0.15, -0.1) is 0 Å². The van der Waals surface area contributed by atoms with Gasteiger partial charge < -0.3 is 15.6 Å². The maximum absolute atomic E-state index is 13.6. The second-order valence-electron chi connectivity index (χ2n) is 7.14. The molecule has 2 aromatic carbocycles. The quantitative estimate of drug-likeness (QED) is 0.510. The first-order valence-electron chi connectivity index (χ1n) is 9.87.